The summed E-state index contributed by atoms with van der Waals surface area (Å²) in [5, 5.41) is 0. The van der Waals surface area contributed by atoms with Crippen LogP contribution in [0.4, 0.5) is 9.18 Å². The van der Waals surface area contributed by atoms with E-state index in [9.17, 15) is 9.18 Å². The maximum Gasteiger partial charge on any atom is 0.410 e. The molecule has 0 saturated carbocycles. The second kappa shape index (κ2) is 5.60. The normalized spacial score (nSPS) is 15.8. The van der Waals surface area contributed by atoms with Crippen molar-refractivity contribution < 1.29 is 18.7 Å². The molecule has 1 aliphatic rings. The lowest BCUT2D eigenvalue weighted by Gasteiger charge is -2.39. The van der Waals surface area contributed by atoms with Gasteiger partial charge in [0.25, 0.3) is 0 Å². The molecule has 0 radical (unpaired) electrons. The number of ether oxygens (including phenoxy) is 2. The largest absolute Gasteiger partial charge is 0.484 e. The van der Waals surface area contributed by atoms with Crippen LogP contribution in [0.3, 0.4) is 0 Å². The predicted octanol–water partition coefficient (Wildman–Crippen LogP) is 3.59. The van der Waals surface area contributed by atoms with Crippen LogP contribution >= 0.6 is 15.9 Å². The number of rotatable bonds is 2. The van der Waals surface area contributed by atoms with Gasteiger partial charge in [-0.3, -0.25) is 0 Å². The number of halogens is 2. The van der Waals surface area contributed by atoms with Gasteiger partial charge in [0.1, 0.15) is 11.7 Å². The number of likely N-dealkylation sites (tertiary alicyclic amines) is 1. The lowest BCUT2D eigenvalue weighted by atomic mass is 10.1. The van der Waals surface area contributed by atoms with Crippen LogP contribution < -0.4 is 4.74 Å². The molecule has 0 unspecified atom stereocenters. The van der Waals surface area contributed by atoms with E-state index in [-0.39, 0.29) is 17.9 Å². The third kappa shape index (κ3) is 3.85. The molecule has 0 N–H and O–H groups in total. The third-order valence-corrected chi connectivity index (χ3v) is 3.18. The second-order valence-corrected chi connectivity index (χ2v) is 6.62. The highest BCUT2D eigenvalue weighted by molar-refractivity contribution is 9.10. The van der Waals surface area contributed by atoms with Crippen molar-refractivity contribution in [3.05, 3.63) is 28.5 Å². The number of hydrogen-bond acceptors (Lipinski definition) is 3. The molecule has 4 nitrogen and oxygen atoms in total. The quantitative estimate of drug-likeness (QED) is 0.822. The summed E-state index contributed by atoms with van der Waals surface area (Å²) in [6.07, 6.45) is -0.571. The van der Waals surface area contributed by atoms with Crippen LogP contribution in [0.1, 0.15) is 20.8 Å². The number of carbonyl (C=O) groups is 1. The molecule has 0 spiro atoms. The summed E-state index contributed by atoms with van der Waals surface area (Å²) in [6, 6.07) is 4.52. The number of hydrogen-bond donors (Lipinski definition) is 0. The number of carbonyl (C=O) groups excluding carboxylic acids is 1. The van der Waals surface area contributed by atoms with Crippen LogP contribution in [-0.2, 0) is 4.74 Å². The molecular weight excluding hydrogens is 329 g/mol. The molecule has 20 heavy (non-hydrogen) atoms. The van der Waals surface area contributed by atoms with Gasteiger partial charge in [-0.05, 0) is 39.0 Å². The summed E-state index contributed by atoms with van der Waals surface area (Å²) in [5.74, 6) is -0.225. The Balaban J connectivity index is 1.85. The summed E-state index contributed by atoms with van der Waals surface area (Å²) in [5.41, 5.74) is -0.514. The van der Waals surface area contributed by atoms with E-state index in [2.05, 4.69) is 15.9 Å². The summed E-state index contributed by atoms with van der Waals surface area (Å²) in [4.78, 5) is 13.3. The van der Waals surface area contributed by atoms with Crippen molar-refractivity contribution in [1.29, 1.82) is 0 Å². The number of benzene rings is 1. The van der Waals surface area contributed by atoms with Crippen molar-refractivity contribution in [3.8, 4) is 5.75 Å². The first-order valence-electron chi connectivity index (χ1n) is 6.34. The molecule has 0 bridgehead atoms. The van der Waals surface area contributed by atoms with Gasteiger partial charge in [0.05, 0.1) is 13.1 Å². The van der Waals surface area contributed by atoms with E-state index >= 15 is 0 Å². The van der Waals surface area contributed by atoms with Crippen molar-refractivity contribution in [2.75, 3.05) is 13.1 Å². The highest BCUT2D eigenvalue weighted by Gasteiger charge is 2.35. The van der Waals surface area contributed by atoms with Gasteiger partial charge in [-0.15, -0.1) is 0 Å². The molecule has 2 rings (SSSR count). The van der Waals surface area contributed by atoms with E-state index < -0.39 is 11.4 Å². The average Bonchev–Trinajstić information content (AvgIpc) is 2.24. The first-order chi connectivity index (χ1) is 9.24. The van der Waals surface area contributed by atoms with E-state index in [1.807, 2.05) is 20.8 Å². The lowest BCUT2D eigenvalue weighted by Crippen LogP contribution is -2.57. The van der Waals surface area contributed by atoms with Gasteiger partial charge in [0.2, 0.25) is 0 Å². The molecule has 6 heteroatoms. The highest BCUT2D eigenvalue weighted by atomic mass is 79.9. The van der Waals surface area contributed by atoms with Crippen molar-refractivity contribution >= 4 is 22.0 Å². The minimum Gasteiger partial charge on any atom is -0.484 e. The molecule has 1 aromatic carbocycles. The number of amides is 1. The monoisotopic (exact) mass is 345 g/mol. The first kappa shape index (κ1) is 15.1. The third-order valence-electron chi connectivity index (χ3n) is 2.69. The zero-order valence-electron chi connectivity index (χ0n) is 11.7. The van der Waals surface area contributed by atoms with Crippen molar-refractivity contribution in [2.24, 2.45) is 0 Å². The molecule has 0 atom stereocenters. The zero-order chi connectivity index (χ0) is 14.9. The van der Waals surface area contributed by atoms with Gasteiger partial charge < -0.3 is 14.4 Å². The summed E-state index contributed by atoms with van der Waals surface area (Å²) in [7, 11) is 0. The fourth-order valence-corrected chi connectivity index (χ4v) is 2.08. The van der Waals surface area contributed by atoms with Crippen molar-refractivity contribution in [2.45, 2.75) is 32.5 Å². The SMILES string of the molecule is CC(C)(C)OC(=O)N1CC(Oc2cc(Br)ccc2F)C1. The molecule has 110 valence electrons. The Morgan fingerprint density at radius 2 is 2.05 bits per heavy atom. The standard InChI is InChI=1S/C14H17BrFNO3/c1-14(2,3)20-13(18)17-7-10(8-17)19-12-6-9(15)4-5-11(12)16/h4-6,10H,7-8H2,1-3H3. The van der Waals surface area contributed by atoms with Crippen LogP contribution in [0.15, 0.2) is 22.7 Å². The van der Waals surface area contributed by atoms with Gasteiger partial charge in [-0.25, -0.2) is 9.18 Å². The molecule has 1 heterocycles. The molecular formula is C14H17BrFNO3. The van der Waals surface area contributed by atoms with Gasteiger partial charge >= 0.3 is 6.09 Å². The van der Waals surface area contributed by atoms with Crippen LogP contribution in [-0.4, -0.2) is 35.8 Å². The van der Waals surface area contributed by atoms with E-state index in [0.29, 0.717) is 13.1 Å². The Bertz CT molecular complexity index is 510. The van der Waals surface area contributed by atoms with Crippen LogP contribution in [0.5, 0.6) is 5.75 Å². The van der Waals surface area contributed by atoms with Crippen LogP contribution in [0.2, 0.25) is 0 Å². The molecule has 0 aliphatic carbocycles. The molecule has 1 aliphatic heterocycles. The highest BCUT2D eigenvalue weighted by Crippen LogP contribution is 2.26. The summed E-state index contributed by atoms with van der Waals surface area (Å²) in [6.45, 7) is 6.25. The minimum absolute atomic E-state index is 0.188. The minimum atomic E-state index is -0.514. The van der Waals surface area contributed by atoms with E-state index in [1.165, 1.54) is 11.0 Å². The van der Waals surface area contributed by atoms with E-state index in [1.54, 1.807) is 12.1 Å². The maximum absolute atomic E-state index is 13.5. The fraction of sp³-hybridized carbons (Fsp3) is 0.500. The van der Waals surface area contributed by atoms with Gasteiger partial charge in [0.15, 0.2) is 11.6 Å². The van der Waals surface area contributed by atoms with Crippen molar-refractivity contribution in [3.63, 3.8) is 0 Å². The Morgan fingerprint density at radius 1 is 1.40 bits per heavy atom. The van der Waals surface area contributed by atoms with Gasteiger partial charge in [0, 0.05) is 4.47 Å². The Morgan fingerprint density at radius 3 is 2.65 bits per heavy atom. The Hall–Kier alpha value is -1.30. The molecule has 1 fully saturated rings. The fourth-order valence-electron chi connectivity index (χ4n) is 1.74. The zero-order valence-corrected chi connectivity index (χ0v) is 13.2. The topological polar surface area (TPSA) is 38.8 Å². The maximum atomic E-state index is 13.5. The Labute approximate surface area is 126 Å². The van der Waals surface area contributed by atoms with Gasteiger partial charge in [-0.1, -0.05) is 15.9 Å². The smallest absolute Gasteiger partial charge is 0.410 e. The van der Waals surface area contributed by atoms with Crippen molar-refractivity contribution in [1.82, 2.24) is 4.90 Å². The molecule has 1 saturated heterocycles. The van der Waals surface area contributed by atoms with E-state index in [0.717, 1.165) is 4.47 Å². The number of nitrogens with zero attached hydrogens (tertiary/aromatic N) is 1. The molecule has 1 aromatic rings. The second-order valence-electron chi connectivity index (χ2n) is 5.70. The lowest BCUT2D eigenvalue weighted by molar-refractivity contribution is -0.0229. The van der Waals surface area contributed by atoms with Gasteiger partial charge in [-0.2, -0.15) is 0 Å². The average molecular weight is 346 g/mol. The van der Waals surface area contributed by atoms with Crippen LogP contribution in [0.25, 0.3) is 0 Å². The predicted molar refractivity (Wildman–Crippen MR) is 76.3 cm³/mol. The Kier molecular flexibility index (Phi) is 4.22. The summed E-state index contributed by atoms with van der Waals surface area (Å²) >= 11 is 3.26. The molecule has 0 aromatic heterocycles. The summed E-state index contributed by atoms with van der Waals surface area (Å²) < 4.78 is 25.0. The van der Waals surface area contributed by atoms with Crippen LogP contribution in [0, 0.1) is 5.82 Å². The van der Waals surface area contributed by atoms with E-state index in [4.69, 9.17) is 9.47 Å². The molecule has 1 amide bonds. The first-order valence-corrected chi connectivity index (χ1v) is 7.13.